The molecule has 0 aliphatic carbocycles. The van der Waals surface area contributed by atoms with E-state index in [1.54, 1.807) is 6.07 Å². The summed E-state index contributed by atoms with van der Waals surface area (Å²) in [5.74, 6) is 0.285. The van der Waals surface area contributed by atoms with Crippen LogP contribution < -0.4 is 10.1 Å². The summed E-state index contributed by atoms with van der Waals surface area (Å²) in [4.78, 5) is 12.1. The molecule has 212 valence electrons. The molecule has 4 aromatic rings. The molecule has 0 heterocycles. The first kappa shape index (κ1) is 29.3. The van der Waals surface area contributed by atoms with Crippen LogP contribution in [0.4, 0.5) is 4.39 Å². The Hall–Kier alpha value is -3.70. The number of rotatable bonds is 12. The first-order valence-corrected chi connectivity index (χ1v) is 14.3. The molecular formula is C35H42FNO3. The molecule has 0 spiro atoms. The van der Waals surface area contributed by atoms with Crippen molar-refractivity contribution < 1.29 is 20.1 Å². The van der Waals surface area contributed by atoms with Crippen LogP contribution in [0.25, 0.3) is 21.9 Å². The maximum absolute atomic E-state index is 14.9. The van der Waals surface area contributed by atoms with Gasteiger partial charge in [0.05, 0.1) is 12.7 Å². The Morgan fingerprint density at radius 3 is 2.48 bits per heavy atom. The lowest BCUT2D eigenvalue weighted by Crippen LogP contribution is -2.24. The fourth-order valence-corrected chi connectivity index (χ4v) is 5.18. The van der Waals surface area contributed by atoms with Gasteiger partial charge >= 0.3 is 5.97 Å². The van der Waals surface area contributed by atoms with Crippen molar-refractivity contribution in [2.45, 2.75) is 72.1 Å². The maximum Gasteiger partial charge on any atom is 0.306 e. The number of benzene rings is 4. The predicted molar refractivity (Wildman–Crippen MR) is 163 cm³/mol. The minimum atomic E-state index is -0.313. The number of hydrogen-bond donors (Lipinski definition) is 1. The van der Waals surface area contributed by atoms with Gasteiger partial charge in [0.25, 0.3) is 0 Å². The standard InChI is InChI=1S/C35H40FNO3.H2/c1-6-34(37-24(5)26-12-10-13-31(21-26)39-7-2)29-19-27-11-8-9-14-32(27)33(22-29)28-17-25(18-30(36)20-28)15-16-35(38)40-23(3)4;/h8-14,17-24,34,37H,6-7,15-16H2,1-5H3;1H/t24-,34?;/m1./s1. The number of halogens is 1. The maximum atomic E-state index is 14.9. The molecule has 5 heteroatoms. The number of nitrogens with one attached hydrogen (secondary N) is 1. The van der Waals surface area contributed by atoms with E-state index in [0.717, 1.165) is 50.8 Å². The fourth-order valence-electron chi connectivity index (χ4n) is 5.18. The molecule has 0 aliphatic heterocycles. The summed E-state index contributed by atoms with van der Waals surface area (Å²) < 4.78 is 25.9. The molecule has 0 aromatic heterocycles. The molecule has 0 saturated carbocycles. The smallest absolute Gasteiger partial charge is 0.306 e. The van der Waals surface area contributed by atoms with E-state index in [0.29, 0.717) is 13.0 Å². The van der Waals surface area contributed by atoms with E-state index in [2.05, 4.69) is 55.6 Å². The van der Waals surface area contributed by atoms with E-state index >= 15 is 0 Å². The molecule has 0 amide bonds. The van der Waals surface area contributed by atoms with Gasteiger partial charge < -0.3 is 14.8 Å². The van der Waals surface area contributed by atoms with Crippen LogP contribution in [-0.2, 0) is 16.0 Å². The Balaban J connectivity index is 0.00000462. The number of carbonyl (C=O) groups excluding carboxylic acids is 1. The van der Waals surface area contributed by atoms with Gasteiger partial charge in [0.1, 0.15) is 11.6 Å². The van der Waals surface area contributed by atoms with Crippen LogP contribution in [-0.4, -0.2) is 18.7 Å². The van der Waals surface area contributed by atoms with Gasteiger partial charge in [-0.15, -0.1) is 0 Å². The molecule has 4 rings (SSSR count). The van der Waals surface area contributed by atoms with Crippen LogP contribution in [0.2, 0.25) is 0 Å². The quantitative estimate of drug-likeness (QED) is 0.181. The van der Waals surface area contributed by atoms with Crippen LogP contribution in [0, 0.1) is 5.82 Å². The van der Waals surface area contributed by atoms with E-state index in [4.69, 9.17) is 9.47 Å². The highest BCUT2D eigenvalue weighted by Crippen LogP contribution is 2.35. The zero-order valence-electron chi connectivity index (χ0n) is 24.2. The Morgan fingerprint density at radius 2 is 1.73 bits per heavy atom. The highest BCUT2D eigenvalue weighted by Gasteiger charge is 2.18. The van der Waals surface area contributed by atoms with Crippen LogP contribution in [0.5, 0.6) is 5.75 Å². The molecular weight excluding hydrogens is 501 g/mol. The summed E-state index contributed by atoms with van der Waals surface area (Å²) in [7, 11) is 0. The van der Waals surface area contributed by atoms with E-state index in [1.165, 1.54) is 6.07 Å². The Kier molecular flexibility index (Phi) is 9.94. The second-order valence-electron chi connectivity index (χ2n) is 10.5. The Labute approximate surface area is 239 Å². The molecule has 1 N–H and O–H groups in total. The van der Waals surface area contributed by atoms with Crippen molar-refractivity contribution in [1.82, 2.24) is 5.32 Å². The number of aryl methyl sites for hydroxylation is 1. The van der Waals surface area contributed by atoms with Crippen molar-refractivity contribution in [1.29, 1.82) is 0 Å². The summed E-state index contributed by atoms with van der Waals surface area (Å²) in [6.07, 6.45) is 1.36. The third-order valence-corrected chi connectivity index (χ3v) is 7.07. The van der Waals surface area contributed by atoms with Gasteiger partial charge in [-0.25, -0.2) is 4.39 Å². The number of hydrogen-bond acceptors (Lipinski definition) is 4. The molecule has 0 fully saturated rings. The van der Waals surface area contributed by atoms with Crippen LogP contribution in [0.1, 0.15) is 77.7 Å². The van der Waals surface area contributed by atoms with E-state index in [-0.39, 0.29) is 37.8 Å². The molecule has 1 unspecified atom stereocenters. The van der Waals surface area contributed by atoms with Crippen molar-refractivity contribution in [3.8, 4) is 16.9 Å². The van der Waals surface area contributed by atoms with Gasteiger partial charge in [-0.05, 0) is 116 Å². The highest BCUT2D eigenvalue weighted by molar-refractivity contribution is 5.97. The van der Waals surface area contributed by atoms with Crippen molar-refractivity contribution in [3.05, 3.63) is 101 Å². The Morgan fingerprint density at radius 1 is 0.925 bits per heavy atom. The first-order valence-electron chi connectivity index (χ1n) is 14.3. The monoisotopic (exact) mass is 543 g/mol. The Bertz CT molecular complexity index is 1450. The van der Waals surface area contributed by atoms with Crippen LogP contribution >= 0.6 is 0 Å². The van der Waals surface area contributed by atoms with Gasteiger partial charge in [-0.2, -0.15) is 0 Å². The van der Waals surface area contributed by atoms with Gasteiger partial charge in [0.2, 0.25) is 0 Å². The minimum absolute atomic E-state index is 0. The largest absolute Gasteiger partial charge is 0.494 e. The SMILES string of the molecule is CCOc1cccc([C@@H](C)NC(CC)c2cc(-c3cc(F)cc(CCC(=O)OC(C)C)c3)c3ccccc3c2)c1.[HH]. The average molecular weight is 544 g/mol. The van der Waals surface area contributed by atoms with Gasteiger partial charge in [0.15, 0.2) is 0 Å². The van der Waals surface area contributed by atoms with Crippen molar-refractivity contribution >= 4 is 16.7 Å². The lowest BCUT2D eigenvalue weighted by molar-refractivity contribution is -0.147. The number of carbonyl (C=O) groups is 1. The van der Waals surface area contributed by atoms with Gasteiger partial charge in [-0.1, -0.05) is 49.4 Å². The summed E-state index contributed by atoms with van der Waals surface area (Å²) in [5.41, 5.74) is 4.87. The second-order valence-corrected chi connectivity index (χ2v) is 10.5. The van der Waals surface area contributed by atoms with E-state index < -0.39 is 0 Å². The first-order chi connectivity index (χ1) is 19.3. The predicted octanol–water partition coefficient (Wildman–Crippen LogP) is 8.98. The van der Waals surface area contributed by atoms with E-state index in [9.17, 15) is 9.18 Å². The third-order valence-electron chi connectivity index (χ3n) is 7.07. The molecule has 0 radical (unpaired) electrons. The topological polar surface area (TPSA) is 47.6 Å². The molecule has 2 atom stereocenters. The zero-order chi connectivity index (χ0) is 28.6. The molecule has 0 saturated heterocycles. The van der Waals surface area contributed by atoms with Crippen LogP contribution in [0.15, 0.2) is 78.9 Å². The normalized spacial score (nSPS) is 12.9. The molecule has 4 aromatic carbocycles. The number of ether oxygens (including phenoxy) is 2. The van der Waals surface area contributed by atoms with Crippen LogP contribution in [0.3, 0.4) is 0 Å². The van der Waals surface area contributed by atoms with Gasteiger partial charge in [-0.3, -0.25) is 4.79 Å². The summed E-state index contributed by atoms with van der Waals surface area (Å²) in [6, 6.07) is 26.1. The van der Waals surface area contributed by atoms with Crippen molar-refractivity contribution in [2.24, 2.45) is 0 Å². The summed E-state index contributed by atoms with van der Waals surface area (Å²) in [5, 5.41) is 5.97. The van der Waals surface area contributed by atoms with Gasteiger partial charge in [0, 0.05) is 19.9 Å². The third kappa shape index (κ3) is 7.48. The summed E-state index contributed by atoms with van der Waals surface area (Å²) in [6.45, 7) is 10.6. The van der Waals surface area contributed by atoms with Crippen molar-refractivity contribution in [3.63, 3.8) is 0 Å². The van der Waals surface area contributed by atoms with E-state index in [1.807, 2.05) is 51.1 Å². The molecule has 40 heavy (non-hydrogen) atoms. The lowest BCUT2D eigenvalue weighted by Gasteiger charge is -2.25. The molecule has 4 nitrogen and oxygen atoms in total. The highest BCUT2D eigenvalue weighted by atomic mass is 19.1. The summed E-state index contributed by atoms with van der Waals surface area (Å²) >= 11 is 0. The minimum Gasteiger partial charge on any atom is -0.494 e. The van der Waals surface area contributed by atoms with Crippen molar-refractivity contribution in [2.75, 3.05) is 6.61 Å². The molecule has 0 bridgehead atoms. The average Bonchev–Trinajstić information content (AvgIpc) is 2.94. The number of esters is 1. The molecule has 0 aliphatic rings. The zero-order valence-corrected chi connectivity index (χ0v) is 24.2. The number of fused-ring (bicyclic) bond motifs is 1. The second kappa shape index (κ2) is 13.6. The fraction of sp³-hybridized carbons (Fsp3) is 0.343. The lowest BCUT2D eigenvalue weighted by atomic mass is 9.91.